The van der Waals surface area contributed by atoms with Crippen LogP contribution in [0.25, 0.3) is 0 Å². The molecule has 7 heteroatoms. The minimum Gasteiger partial charge on any atom is -0.490 e. The van der Waals surface area contributed by atoms with Gasteiger partial charge in [0.15, 0.2) is 11.5 Å². The van der Waals surface area contributed by atoms with Crippen molar-refractivity contribution in [2.75, 3.05) is 6.61 Å². The molecule has 0 N–H and O–H groups in total. The van der Waals surface area contributed by atoms with E-state index >= 15 is 0 Å². The molecule has 4 rings (SSSR count). The third kappa shape index (κ3) is 5.99. The molecule has 0 radical (unpaired) electrons. The van der Waals surface area contributed by atoms with E-state index in [-0.39, 0.29) is 17.8 Å². The number of rotatable bonds is 7. The number of hydrogen-bond donors (Lipinski definition) is 0. The number of aliphatic imine (C=N–C) groups is 1. The molecule has 188 valence electrons. The molecule has 0 amide bonds. The van der Waals surface area contributed by atoms with Crippen molar-refractivity contribution in [2.24, 2.45) is 16.3 Å². The molecule has 0 aliphatic heterocycles. The van der Waals surface area contributed by atoms with Gasteiger partial charge in [-0.2, -0.15) is 5.26 Å². The van der Waals surface area contributed by atoms with Crippen LogP contribution < -0.4 is 9.47 Å². The maximum Gasteiger partial charge on any atom is 0.175 e. The number of hydrogen-bond acceptors (Lipinski definition) is 5. The fourth-order valence-corrected chi connectivity index (χ4v) is 6.25. The second kappa shape index (κ2) is 11.1. The lowest BCUT2D eigenvalue weighted by molar-refractivity contribution is 0.218. The van der Waals surface area contributed by atoms with Gasteiger partial charge in [-0.3, -0.25) is 0 Å². The number of thiophene rings is 1. The molecule has 1 aliphatic rings. The van der Waals surface area contributed by atoms with Crippen LogP contribution in [0.3, 0.4) is 0 Å². The lowest BCUT2D eigenvalue weighted by Crippen LogP contribution is -2.26. The molecule has 1 heterocycles. The third-order valence-corrected chi connectivity index (χ3v) is 8.29. The molecule has 1 aliphatic carbocycles. The lowest BCUT2D eigenvalue weighted by atomic mass is 9.72. The predicted molar refractivity (Wildman–Crippen MR) is 147 cm³/mol. The zero-order chi connectivity index (χ0) is 25.9. The van der Waals surface area contributed by atoms with E-state index in [1.54, 1.807) is 29.7 Å². The molecule has 0 unspecified atom stereocenters. The van der Waals surface area contributed by atoms with Gasteiger partial charge in [-0.05, 0) is 94.4 Å². The molecule has 1 aromatic heterocycles. The maximum absolute atomic E-state index is 13.2. The van der Waals surface area contributed by atoms with Crippen molar-refractivity contribution in [2.45, 2.75) is 53.6 Å². The van der Waals surface area contributed by atoms with Crippen LogP contribution in [0.5, 0.6) is 11.5 Å². The van der Waals surface area contributed by atoms with Crippen LogP contribution in [-0.2, 0) is 19.4 Å². The summed E-state index contributed by atoms with van der Waals surface area (Å²) in [5.41, 5.74) is 3.83. The van der Waals surface area contributed by atoms with Gasteiger partial charge in [0, 0.05) is 11.1 Å². The summed E-state index contributed by atoms with van der Waals surface area (Å²) in [7, 11) is 0. The topological polar surface area (TPSA) is 54.6 Å². The Kier molecular flexibility index (Phi) is 8.17. The summed E-state index contributed by atoms with van der Waals surface area (Å²) >= 11 is 5.24. The van der Waals surface area contributed by atoms with Gasteiger partial charge in [-0.1, -0.05) is 32.9 Å². The molecule has 0 fully saturated rings. The average molecular weight is 570 g/mol. The molecule has 4 nitrogen and oxygen atoms in total. The highest BCUT2D eigenvalue weighted by Gasteiger charge is 2.32. The highest BCUT2D eigenvalue weighted by molar-refractivity contribution is 9.10. The van der Waals surface area contributed by atoms with Gasteiger partial charge in [0.2, 0.25) is 0 Å². The first kappa shape index (κ1) is 26.4. The van der Waals surface area contributed by atoms with Gasteiger partial charge in [-0.25, -0.2) is 9.38 Å². The Bertz CT molecular complexity index is 1300. The van der Waals surface area contributed by atoms with Gasteiger partial charge in [0.1, 0.15) is 23.5 Å². The van der Waals surface area contributed by atoms with E-state index < -0.39 is 0 Å². The summed E-state index contributed by atoms with van der Waals surface area (Å²) in [5, 5.41) is 10.6. The van der Waals surface area contributed by atoms with E-state index in [4.69, 9.17) is 14.5 Å². The largest absolute Gasteiger partial charge is 0.490 e. The molecule has 0 saturated carbocycles. The van der Waals surface area contributed by atoms with E-state index in [0.29, 0.717) is 29.6 Å². The molecule has 36 heavy (non-hydrogen) atoms. The van der Waals surface area contributed by atoms with E-state index in [1.165, 1.54) is 22.6 Å². The molecule has 0 spiro atoms. The summed E-state index contributed by atoms with van der Waals surface area (Å²) < 4.78 is 25.8. The van der Waals surface area contributed by atoms with Crippen LogP contribution in [0.15, 0.2) is 45.9 Å². The molecular weight excluding hydrogens is 539 g/mol. The van der Waals surface area contributed by atoms with Crippen molar-refractivity contribution in [1.29, 1.82) is 5.26 Å². The molecule has 1 atom stereocenters. The fourth-order valence-electron chi connectivity index (χ4n) is 4.45. The highest BCUT2D eigenvalue weighted by Crippen LogP contribution is 2.45. The normalized spacial score (nSPS) is 15.5. The Morgan fingerprint density at radius 1 is 1.22 bits per heavy atom. The fraction of sp³-hybridized carbons (Fsp3) is 0.379. The van der Waals surface area contributed by atoms with Crippen LogP contribution in [-0.4, -0.2) is 12.8 Å². The summed E-state index contributed by atoms with van der Waals surface area (Å²) in [4.78, 5) is 6.03. The first-order chi connectivity index (χ1) is 17.2. The summed E-state index contributed by atoms with van der Waals surface area (Å²) in [6, 6.07) is 12.4. The van der Waals surface area contributed by atoms with E-state index in [0.717, 1.165) is 39.9 Å². The SMILES string of the molecule is CCOc1cc(C=Nc2sc3c(c2C#N)CC[C@@H](C(C)(C)C)C3)cc(Br)c1OCc1ccc(F)cc1. The van der Waals surface area contributed by atoms with Crippen molar-refractivity contribution < 1.29 is 13.9 Å². The minimum absolute atomic E-state index is 0.250. The van der Waals surface area contributed by atoms with Gasteiger partial charge in [-0.15, -0.1) is 11.3 Å². The maximum atomic E-state index is 13.2. The number of benzene rings is 2. The van der Waals surface area contributed by atoms with Gasteiger partial charge >= 0.3 is 0 Å². The van der Waals surface area contributed by atoms with Crippen LogP contribution in [0.2, 0.25) is 0 Å². The summed E-state index contributed by atoms with van der Waals surface area (Å²) in [5.74, 6) is 1.50. The van der Waals surface area contributed by atoms with Gasteiger partial charge in [0.25, 0.3) is 0 Å². The molecular formula is C29H30BrFN2O2S. The van der Waals surface area contributed by atoms with Crippen molar-refractivity contribution in [3.8, 4) is 17.6 Å². The van der Waals surface area contributed by atoms with Crippen molar-refractivity contribution >= 4 is 38.5 Å². The van der Waals surface area contributed by atoms with Crippen molar-refractivity contribution in [3.05, 3.63) is 73.8 Å². The average Bonchev–Trinajstić information content (AvgIpc) is 3.19. The first-order valence-electron chi connectivity index (χ1n) is 12.1. The number of ether oxygens (including phenoxy) is 2. The molecule has 3 aromatic rings. The lowest BCUT2D eigenvalue weighted by Gasteiger charge is -2.33. The van der Waals surface area contributed by atoms with Crippen molar-refractivity contribution in [3.63, 3.8) is 0 Å². The standard InChI is InChI=1S/C29H30BrFN2O2S/c1-5-34-25-13-19(12-24(30)27(25)35-17-18-6-9-21(31)10-7-18)16-33-28-23(15-32)22-11-8-20(29(2,3)4)14-26(22)36-28/h6-7,9-10,12-13,16,20H,5,8,11,14,17H2,1-4H3/t20-/m1/s1. The van der Waals surface area contributed by atoms with E-state index in [2.05, 4.69) is 42.8 Å². The smallest absolute Gasteiger partial charge is 0.175 e. The van der Waals surface area contributed by atoms with Crippen LogP contribution in [0.1, 0.15) is 61.2 Å². The number of fused-ring (bicyclic) bond motifs is 1. The highest BCUT2D eigenvalue weighted by atomic mass is 79.9. The van der Waals surface area contributed by atoms with E-state index in [9.17, 15) is 9.65 Å². The molecule has 2 aromatic carbocycles. The zero-order valence-electron chi connectivity index (χ0n) is 21.0. The second-order valence-corrected chi connectivity index (χ2v) is 12.0. The van der Waals surface area contributed by atoms with Gasteiger partial charge in [0.05, 0.1) is 16.6 Å². The first-order valence-corrected chi connectivity index (χ1v) is 13.7. The van der Waals surface area contributed by atoms with Crippen LogP contribution in [0.4, 0.5) is 9.39 Å². The Balaban J connectivity index is 1.57. The van der Waals surface area contributed by atoms with Crippen LogP contribution in [0, 0.1) is 28.5 Å². The Hall–Kier alpha value is -2.69. The zero-order valence-corrected chi connectivity index (χ0v) is 23.4. The van der Waals surface area contributed by atoms with Crippen molar-refractivity contribution in [1.82, 2.24) is 0 Å². The van der Waals surface area contributed by atoms with Crippen LogP contribution >= 0.6 is 27.3 Å². The Morgan fingerprint density at radius 2 is 1.97 bits per heavy atom. The predicted octanol–water partition coefficient (Wildman–Crippen LogP) is 8.40. The molecule has 0 saturated heterocycles. The Labute approximate surface area is 224 Å². The number of nitrogens with zero attached hydrogens (tertiary/aromatic N) is 2. The van der Waals surface area contributed by atoms with Gasteiger partial charge < -0.3 is 9.47 Å². The number of halogens is 2. The number of nitriles is 1. The van der Waals surface area contributed by atoms with E-state index in [1.807, 2.05) is 19.1 Å². The minimum atomic E-state index is -0.279. The quantitative estimate of drug-likeness (QED) is 0.269. The Morgan fingerprint density at radius 3 is 2.64 bits per heavy atom. The summed E-state index contributed by atoms with van der Waals surface area (Å²) in [6.45, 7) is 9.56. The monoisotopic (exact) mass is 568 g/mol. The third-order valence-electron chi connectivity index (χ3n) is 6.54. The summed E-state index contributed by atoms with van der Waals surface area (Å²) in [6.07, 6.45) is 4.83. The second-order valence-electron chi connectivity index (χ2n) is 10.0. The molecule has 0 bridgehead atoms.